The predicted octanol–water partition coefficient (Wildman–Crippen LogP) is 3.45. The number of Topliss-reactive ketones (excluding diaryl/α,β-unsaturated/α-hetero) is 1. The van der Waals surface area contributed by atoms with Crippen LogP contribution in [0.25, 0.3) is 0 Å². The molecule has 1 atom stereocenters. The van der Waals surface area contributed by atoms with Gasteiger partial charge < -0.3 is 9.84 Å². The monoisotopic (exact) mass is 310 g/mol. The van der Waals surface area contributed by atoms with E-state index in [1.807, 2.05) is 0 Å². The van der Waals surface area contributed by atoms with Crippen LogP contribution in [0.1, 0.15) is 48.9 Å². The first-order valence-electron chi connectivity index (χ1n) is 7.63. The molecule has 0 heterocycles. The van der Waals surface area contributed by atoms with E-state index in [1.54, 1.807) is 0 Å². The van der Waals surface area contributed by atoms with Crippen LogP contribution in [0.15, 0.2) is 18.2 Å². The van der Waals surface area contributed by atoms with Crippen molar-refractivity contribution in [3.05, 3.63) is 35.4 Å². The first-order valence-corrected chi connectivity index (χ1v) is 7.63. The van der Waals surface area contributed by atoms with E-state index < -0.39 is 23.3 Å². The molecule has 3 aliphatic rings. The number of methoxy groups -OCH3 is 1. The number of fused-ring (bicyclic) bond motifs is 3. The molecule has 3 aliphatic carbocycles. The summed E-state index contributed by atoms with van der Waals surface area (Å²) >= 11 is 0. The minimum Gasteiger partial charge on any atom is -0.367 e. The second kappa shape index (κ2) is 5.39. The lowest BCUT2D eigenvalue weighted by Crippen LogP contribution is -2.51. The second-order valence-electron chi connectivity index (χ2n) is 6.72. The molecule has 3 saturated carbocycles. The van der Waals surface area contributed by atoms with Gasteiger partial charge in [0.1, 0.15) is 11.6 Å². The van der Waals surface area contributed by atoms with Crippen LogP contribution < -0.4 is 0 Å². The normalized spacial score (nSPS) is 32.0. The molecule has 1 unspecified atom stereocenters. The maximum atomic E-state index is 13.4. The summed E-state index contributed by atoms with van der Waals surface area (Å²) in [6.07, 6.45) is 3.18. The van der Waals surface area contributed by atoms with Crippen molar-refractivity contribution < 1.29 is 23.4 Å². The van der Waals surface area contributed by atoms with Gasteiger partial charge in [-0.15, -0.1) is 0 Å². The Morgan fingerprint density at radius 2 is 1.59 bits per heavy atom. The van der Waals surface area contributed by atoms with Crippen molar-refractivity contribution in [3.63, 3.8) is 0 Å². The Balaban J connectivity index is 1.84. The molecular formula is C17H20F2O3. The number of aliphatic hydroxyl groups excluding tert-OH is 1. The number of hydrogen-bond acceptors (Lipinski definition) is 3. The summed E-state index contributed by atoms with van der Waals surface area (Å²) in [5.74, 6) is -1.63. The predicted molar refractivity (Wildman–Crippen MR) is 76.3 cm³/mol. The molecule has 22 heavy (non-hydrogen) atoms. The summed E-state index contributed by atoms with van der Waals surface area (Å²) in [7, 11) is 1.48. The molecule has 0 saturated heterocycles. The van der Waals surface area contributed by atoms with Gasteiger partial charge >= 0.3 is 0 Å². The molecule has 3 nitrogen and oxygen atoms in total. The summed E-state index contributed by atoms with van der Waals surface area (Å²) in [5.41, 5.74) is -0.710. The molecule has 5 heteroatoms. The molecule has 1 N–H and O–H groups in total. The highest BCUT2D eigenvalue weighted by Gasteiger charge is 2.55. The number of halogens is 2. The van der Waals surface area contributed by atoms with Gasteiger partial charge in [0.05, 0.1) is 0 Å². The number of ketones is 1. The molecule has 1 aromatic rings. The van der Waals surface area contributed by atoms with Gasteiger partial charge in [-0.1, -0.05) is 0 Å². The first kappa shape index (κ1) is 15.6. The van der Waals surface area contributed by atoms with Gasteiger partial charge in [-0.25, -0.2) is 8.78 Å². The molecule has 0 aromatic heterocycles. The summed E-state index contributed by atoms with van der Waals surface area (Å²) in [4.78, 5) is 12.8. The SMILES string of the molecule is COC(O)C12CCC(C(=O)c3cc(F)cc(F)c3)(CC1)CC2. The molecule has 120 valence electrons. The minimum atomic E-state index is -0.812. The number of ether oxygens (including phenoxy) is 1. The minimum absolute atomic E-state index is 0.110. The van der Waals surface area contributed by atoms with Gasteiger partial charge in [0, 0.05) is 29.6 Å². The van der Waals surface area contributed by atoms with Crippen LogP contribution in [0.3, 0.4) is 0 Å². The highest BCUT2D eigenvalue weighted by atomic mass is 19.1. The lowest BCUT2D eigenvalue weighted by Gasteiger charge is -2.53. The zero-order valence-corrected chi connectivity index (χ0v) is 12.6. The molecule has 2 bridgehead atoms. The van der Waals surface area contributed by atoms with E-state index in [-0.39, 0.29) is 16.8 Å². The van der Waals surface area contributed by atoms with E-state index in [2.05, 4.69) is 0 Å². The molecule has 0 aliphatic heterocycles. The van der Waals surface area contributed by atoms with Gasteiger partial charge in [0.15, 0.2) is 12.1 Å². The largest absolute Gasteiger partial charge is 0.367 e. The number of rotatable bonds is 4. The number of aliphatic hydroxyl groups is 1. The Kier molecular flexibility index (Phi) is 3.81. The highest BCUT2D eigenvalue weighted by Crippen LogP contribution is 2.59. The van der Waals surface area contributed by atoms with Crippen molar-refractivity contribution in [2.75, 3.05) is 7.11 Å². The second-order valence-corrected chi connectivity index (χ2v) is 6.72. The number of carbonyl (C=O) groups excluding carboxylic acids is 1. The summed E-state index contributed by atoms with van der Waals surface area (Å²) in [6, 6.07) is 3.00. The van der Waals surface area contributed by atoms with E-state index in [4.69, 9.17) is 4.74 Å². The van der Waals surface area contributed by atoms with Crippen molar-refractivity contribution in [1.29, 1.82) is 0 Å². The Morgan fingerprint density at radius 1 is 1.09 bits per heavy atom. The highest BCUT2D eigenvalue weighted by molar-refractivity contribution is 6.00. The quantitative estimate of drug-likeness (QED) is 0.684. The molecule has 0 amide bonds. The lowest BCUT2D eigenvalue weighted by molar-refractivity contribution is -0.195. The fourth-order valence-corrected chi connectivity index (χ4v) is 4.17. The van der Waals surface area contributed by atoms with Crippen molar-refractivity contribution in [1.82, 2.24) is 0 Å². The van der Waals surface area contributed by atoms with Crippen molar-refractivity contribution in [2.24, 2.45) is 10.8 Å². The van der Waals surface area contributed by atoms with Gasteiger partial charge in [0.2, 0.25) is 0 Å². The van der Waals surface area contributed by atoms with Crippen LogP contribution in [0, 0.1) is 22.5 Å². The van der Waals surface area contributed by atoms with E-state index in [0.717, 1.165) is 18.2 Å². The van der Waals surface area contributed by atoms with Crippen LogP contribution in [0.5, 0.6) is 0 Å². The summed E-state index contributed by atoms with van der Waals surface area (Å²) in [6.45, 7) is 0. The standard InChI is InChI=1S/C17H20F2O3/c1-22-15(21)17-5-2-16(3-6-17,4-7-17)14(20)11-8-12(18)10-13(19)9-11/h8-10,15,21H,2-7H2,1H3. The number of carbonyl (C=O) groups is 1. The van der Waals surface area contributed by atoms with Crippen LogP contribution in [-0.2, 0) is 4.74 Å². The van der Waals surface area contributed by atoms with Crippen molar-refractivity contribution in [2.45, 2.75) is 44.8 Å². The number of hydrogen-bond donors (Lipinski definition) is 1. The Morgan fingerprint density at radius 3 is 2.05 bits per heavy atom. The Bertz CT molecular complexity index is 555. The van der Waals surface area contributed by atoms with Crippen molar-refractivity contribution in [3.8, 4) is 0 Å². The maximum absolute atomic E-state index is 13.4. The Labute approximate surface area is 128 Å². The first-order chi connectivity index (χ1) is 10.4. The van der Waals surface area contributed by atoms with Crippen LogP contribution in [0.4, 0.5) is 8.78 Å². The average molecular weight is 310 g/mol. The van der Waals surface area contributed by atoms with Crippen molar-refractivity contribution >= 4 is 5.78 Å². The summed E-state index contributed by atoms with van der Waals surface area (Å²) < 4.78 is 31.8. The fraction of sp³-hybridized carbons (Fsp3) is 0.588. The third-order valence-corrected chi connectivity index (χ3v) is 5.66. The third-order valence-electron chi connectivity index (χ3n) is 5.66. The molecule has 0 radical (unpaired) electrons. The third kappa shape index (κ3) is 2.36. The number of benzene rings is 1. The van der Waals surface area contributed by atoms with Crippen LogP contribution in [-0.4, -0.2) is 24.3 Å². The van der Waals surface area contributed by atoms with E-state index in [1.165, 1.54) is 7.11 Å². The molecule has 1 aromatic carbocycles. The smallest absolute Gasteiger partial charge is 0.169 e. The molecular weight excluding hydrogens is 290 g/mol. The van der Waals surface area contributed by atoms with E-state index in [0.29, 0.717) is 38.5 Å². The lowest BCUT2D eigenvalue weighted by atomic mass is 9.51. The zero-order chi connectivity index (χ0) is 16.0. The molecule has 4 rings (SSSR count). The average Bonchev–Trinajstić information content (AvgIpc) is 2.54. The zero-order valence-electron chi connectivity index (χ0n) is 12.6. The topological polar surface area (TPSA) is 46.5 Å². The van der Waals surface area contributed by atoms with Gasteiger partial charge in [-0.05, 0) is 50.7 Å². The maximum Gasteiger partial charge on any atom is 0.169 e. The van der Waals surface area contributed by atoms with E-state index in [9.17, 15) is 18.7 Å². The Hall–Kier alpha value is -1.33. The van der Waals surface area contributed by atoms with Gasteiger partial charge in [0.25, 0.3) is 0 Å². The van der Waals surface area contributed by atoms with E-state index >= 15 is 0 Å². The molecule has 0 spiro atoms. The molecule has 3 fully saturated rings. The fourth-order valence-electron chi connectivity index (χ4n) is 4.17. The van der Waals surface area contributed by atoms with Crippen LogP contribution in [0.2, 0.25) is 0 Å². The summed E-state index contributed by atoms with van der Waals surface area (Å²) in [5, 5.41) is 10.1. The van der Waals surface area contributed by atoms with Crippen LogP contribution >= 0.6 is 0 Å². The van der Waals surface area contributed by atoms with Gasteiger partial charge in [-0.3, -0.25) is 4.79 Å². The van der Waals surface area contributed by atoms with Gasteiger partial charge in [-0.2, -0.15) is 0 Å².